The lowest BCUT2D eigenvalue weighted by molar-refractivity contribution is 0.598. The van der Waals surface area contributed by atoms with Gasteiger partial charge in [-0.2, -0.15) is 16.9 Å². The Kier molecular flexibility index (Phi) is 4.77. The molecule has 3 rings (SSSR count). The summed E-state index contributed by atoms with van der Waals surface area (Å²) in [5.41, 5.74) is 3.58. The number of H-pyrrole nitrogens is 1. The first-order chi connectivity index (χ1) is 9.93. The second-order valence-corrected chi connectivity index (χ2v) is 6.66. The molecule has 1 atom stereocenters. The summed E-state index contributed by atoms with van der Waals surface area (Å²) in [6, 6.07) is 10.4. The lowest BCUT2D eigenvalue weighted by Gasteiger charge is -2.21. The highest BCUT2D eigenvalue weighted by Gasteiger charge is 2.14. The highest BCUT2D eigenvalue weighted by atomic mass is 32.2. The fourth-order valence-electron chi connectivity index (χ4n) is 2.64. The standard InChI is InChI=1S/C16H21N3S/c1-2-6-13(7-3-1)16-14(11-18-19-16)10-17-12-15-8-4-5-9-20-15/h1-3,6-7,11,15,17H,4-5,8-10,12H2,(H,18,19). The molecule has 4 heteroatoms. The minimum Gasteiger partial charge on any atom is -0.311 e. The molecule has 1 aliphatic rings. The highest BCUT2D eigenvalue weighted by molar-refractivity contribution is 7.99. The number of nitrogens with one attached hydrogen (secondary N) is 2. The van der Waals surface area contributed by atoms with Gasteiger partial charge in [0, 0.05) is 23.9 Å². The summed E-state index contributed by atoms with van der Waals surface area (Å²) >= 11 is 2.12. The zero-order valence-electron chi connectivity index (χ0n) is 11.6. The lowest BCUT2D eigenvalue weighted by atomic mass is 10.1. The van der Waals surface area contributed by atoms with Gasteiger partial charge < -0.3 is 5.32 Å². The molecule has 20 heavy (non-hydrogen) atoms. The quantitative estimate of drug-likeness (QED) is 0.885. The van der Waals surface area contributed by atoms with Crippen molar-refractivity contribution in [2.75, 3.05) is 12.3 Å². The second kappa shape index (κ2) is 6.95. The van der Waals surface area contributed by atoms with Crippen molar-refractivity contribution in [2.24, 2.45) is 0 Å². The largest absolute Gasteiger partial charge is 0.311 e. The molecule has 1 aromatic heterocycles. The van der Waals surface area contributed by atoms with Gasteiger partial charge in [-0.25, -0.2) is 0 Å². The van der Waals surface area contributed by atoms with Crippen molar-refractivity contribution in [2.45, 2.75) is 31.1 Å². The Bertz CT molecular complexity index is 518. The third-order valence-corrected chi connectivity index (χ3v) is 5.14. The topological polar surface area (TPSA) is 40.7 Å². The van der Waals surface area contributed by atoms with Crippen molar-refractivity contribution in [1.82, 2.24) is 15.5 Å². The fourth-order valence-corrected chi connectivity index (χ4v) is 3.91. The molecule has 2 N–H and O–H groups in total. The Morgan fingerprint density at radius 1 is 1.25 bits per heavy atom. The van der Waals surface area contributed by atoms with E-state index in [1.807, 2.05) is 12.3 Å². The van der Waals surface area contributed by atoms with Gasteiger partial charge in [-0.15, -0.1) is 0 Å². The number of benzene rings is 1. The van der Waals surface area contributed by atoms with Crippen molar-refractivity contribution in [3.8, 4) is 11.3 Å². The maximum Gasteiger partial charge on any atom is 0.0695 e. The van der Waals surface area contributed by atoms with Crippen molar-refractivity contribution in [3.63, 3.8) is 0 Å². The Morgan fingerprint density at radius 2 is 2.15 bits per heavy atom. The second-order valence-electron chi connectivity index (χ2n) is 5.26. The van der Waals surface area contributed by atoms with Crippen LogP contribution in [0.25, 0.3) is 11.3 Å². The first-order valence-corrected chi connectivity index (χ1v) is 8.38. The normalized spacial score (nSPS) is 19.1. The maximum atomic E-state index is 4.19. The average molecular weight is 287 g/mol. The molecule has 1 aliphatic heterocycles. The van der Waals surface area contributed by atoms with Gasteiger partial charge in [0.25, 0.3) is 0 Å². The molecule has 0 spiro atoms. The third kappa shape index (κ3) is 3.44. The molecule has 0 amide bonds. The van der Waals surface area contributed by atoms with Gasteiger partial charge in [0.05, 0.1) is 11.9 Å². The minimum atomic E-state index is 0.788. The Morgan fingerprint density at radius 3 is 2.95 bits per heavy atom. The lowest BCUT2D eigenvalue weighted by Crippen LogP contribution is -2.26. The molecule has 0 radical (unpaired) electrons. The van der Waals surface area contributed by atoms with Crippen LogP contribution in [0.5, 0.6) is 0 Å². The number of thioether (sulfide) groups is 1. The van der Waals surface area contributed by atoms with Crippen LogP contribution in [-0.4, -0.2) is 27.7 Å². The van der Waals surface area contributed by atoms with Gasteiger partial charge in [-0.1, -0.05) is 36.8 Å². The van der Waals surface area contributed by atoms with Gasteiger partial charge in [-0.05, 0) is 24.2 Å². The molecule has 1 unspecified atom stereocenters. The Balaban J connectivity index is 1.57. The van der Waals surface area contributed by atoms with Crippen molar-refractivity contribution < 1.29 is 0 Å². The van der Waals surface area contributed by atoms with Crippen LogP contribution in [0.3, 0.4) is 0 Å². The summed E-state index contributed by atoms with van der Waals surface area (Å²) in [4.78, 5) is 0. The molecule has 0 bridgehead atoms. The van der Waals surface area contributed by atoms with E-state index in [0.29, 0.717) is 0 Å². The number of aromatic nitrogens is 2. The van der Waals surface area contributed by atoms with Crippen LogP contribution in [0.4, 0.5) is 0 Å². The molecule has 1 fully saturated rings. The van der Waals surface area contributed by atoms with Crippen molar-refractivity contribution >= 4 is 11.8 Å². The molecule has 3 nitrogen and oxygen atoms in total. The molecule has 2 aromatic rings. The van der Waals surface area contributed by atoms with Crippen LogP contribution < -0.4 is 5.32 Å². The zero-order chi connectivity index (χ0) is 13.6. The van der Waals surface area contributed by atoms with Crippen LogP contribution in [0.2, 0.25) is 0 Å². The van der Waals surface area contributed by atoms with Gasteiger partial charge in [-0.3, -0.25) is 5.10 Å². The first-order valence-electron chi connectivity index (χ1n) is 7.33. The molecule has 1 saturated heterocycles. The van der Waals surface area contributed by atoms with E-state index in [-0.39, 0.29) is 0 Å². The SMILES string of the molecule is c1ccc(-c2[nH]ncc2CNCC2CCCCS2)cc1. The average Bonchev–Trinajstić information content (AvgIpc) is 2.98. The van der Waals surface area contributed by atoms with Crippen molar-refractivity contribution in [1.29, 1.82) is 0 Å². The summed E-state index contributed by atoms with van der Waals surface area (Å²) in [6.07, 6.45) is 6.07. The van der Waals surface area contributed by atoms with E-state index < -0.39 is 0 Å². The molecule has 2 heterocycles. The van der Waals surface area contributed by atoms with Crippen LogP contribution in [0.15, 0.2) is 36.5 Å². The zero-order valence-corrected chi connectivity index (χ0v) is 12.5. The van der Waals surface area contributed by atoms with E-state index in [2.05, 4.69) is 51.5 Å². The summed E-state index contributed by atoms with van der Waals surface area (Å²) in [6.45, 7) is 1.99. The number of rotatable bonds is 5. The van der Waals surface area contributed by atoms with Crippen LogP contribution in [-0.2, 0) is 6.54 Å². The molecule has 0 saturated carbocycles. The van der Waals surface area contributed by atoms with E-state index >= 15 is 0 Å². The minimum absolute atomic E-state index is 0.788. The van der Waals surface area contributed by atoms with E-state index in [9.17, 15) is 0 Å². The molecule has 0 aliphatic carbocycles. The Labute approximate surface area is 124 Å². The van der Waals surface area contributed by atoms with Crippen LogP contribution >= 0.6 is 11.8 Å². The maximum absolute atomic E-state index is 4.19. The van der Waals surface area contributed by atoms with E-state index in [0.717, 1.165) is 24.0 Å². The predicted octanol–water partition coefficient (Wildman–Crippen LogP) is 3.45. The van der Waals surface area contributed by atoms with Crippen LogP contribution in [0.1, 0.15) is 24.8 Å². The van der Waals surface area contributed by atoms with Gasteiger partial charge in [0.2, 0.25) is 0 Å². The molecule has 106 valence electrons. The van der Waals surface area contributed by atoms with E-state index in [4.69, 9.17) is 0 Å². The van der Waals surface area contributed by atoms with E-state index in [1.165, 1.54) is 36.1 Å². The number of nitrogens with zero attached hydrogens (tertiary/aromatic N) is 1. The van der Waals surface area contributed by atoms with Crippen LogP contribution in [0, 0.1) is 0 Å². The molecular formula is C16H21N3S. The highest BCUT2D eigenvalue weighted by Crippen LogP contribution is 2.25. The third-order valence-electron chi connectivity index (χ3n) is 3.74. The molecule has 1 aromatic carbocycles. The number of aromatic amines is 1. The van der Waals surface area contributed by atoms with Gasteiger partial charge in [0.1, 0.15) is 0 Å². The summed E-state index contributed by atoms with van der Waals surface area (Å²) in [5.74, 6) is 1.33. The predicted molar refractivity (Wildman–Crippen MR) is 85.8 cm³/mol. The van der Waals surface area contributed by atoms with E-state index in [1.54, 1.807) is 0 Å². The summed E-state index contributed by atoms with van der Waals surface area (Å²) in [7, 11) is 0. The first kappa shape index (κ1) is 13.7. The van der Waals surface area contributed by atoms with Gasteiger partial charge >= 0.3 is 0 Å². The fraction of sp³-hybridized carbons (Fsp3) is 0.438. The smallest absolute Gasteiger partial charge is 0.0695 e. The monoisotopic (exact) mass is 287 g/mol. The Hall–Kier alpha value is -1.26. The summed E-state index contributed by atoms with van der Waals surface area (Å²) in [5, 5.41) is 11.7. The number of hydrogen-bond acceptors (Lipinski definition) is 3. The summed E-state index contributed by atoms with van der Waals surface area (Å²) < 4.78 is 0. The number of hydrogen-bond donors (Lipinski definition) is 2. The van der Waals surface area contributed by atoms with Gasteiger partial charge in [0.15, 0.2) is 0 Å². The van der Waals surface area contributed by atoms with Crippen molar-refractivity contribution in [3.05, 3.63) is 42.1 Å². The molecular weight excluding hydrogens is 266 g/mol.